The van der Waals surface area contributed by atoms with Gasteiger partial charge in [-0.05, 0) is 17.9 Å². The minimum atomic E-state index is -0.553. The first-order chi connectivity index (χ1) is 10.6. The Morgan fingerprint density at radius 3 is 2.86 bits per heavy atom. The van der Waals surface area contributed by atoms with Gasteiger partial charge < -0.3 is 20.2 Å². The van der Waals surface area contributed by atoms with Gasteiger partial charge in [-0.1, -0.05) is 0 Å². The molecule has 0 radical (unpaired) electrons. The molecule has 0 spiro atoms. The van der Waals surface area contributed by atoms with Crippen LogP contribution in [-0.4, -0.2) is 64.9 Å². The number of aryl methyl sites for hydroxylation is 1. The van der Waals surface area contributed by atoms with Crippen molar-refractivity contribution in [3.63, 3.8) is 0 Å². The number of morpholine rings is 1. The summed E-state index contributed by atoms with van der Waals surface area (Å²) >= 11 is 0. The molecule has 0 aromatic carbocycles. The monoisotopic (exact) mass is 311 g/mol. The van der Waals surface area contributed by atoms with E-state index < -0.39 is 4.92 Å². The maximum absolute atomic E-state index is 11.7. The first-order valence-electron chi connectivity index (χ1n) is 7.40. The van der Waals surface area contributed by atoms with Crippen LogP contribution in [0.5, 0.6) is 0 Å². The molecule has 1 aliphatic rings. The Kier molecular flexibility index (Phi) is 6.28. The number of nitrogens with zero attached hydrogens (tertiary/aromatic N) is 4. The third-order valence-corrected chi connectivity index (χ3v) is 3.46. The second-order valence-electron chi connectivity index (χ2n) is 5.10. The number of aromatic nitrogens is 2. The van der Waals surface area contributed by atoms with Gasteiger partial charge in [0.05, 0.1) is 37.1 Å². The van der Waals surface area contributed by atoms with E-state index in [4.69, 9.17) is 4.74 Å². The van der Waals surface area contributed by atoms with E-state index in [1.807, 2.05) is 0 Å². The molecule has 0 bridgehead atoms. The largest absolute Gasteiger partial charge is 0.389 e. The molecule has 2 rings (SSSR count). The van der Waals surface area contributed by atoms with E-state index in [1.54, 1.807) is 0 Å². The second kappa shape index (κ2) is 8.44. The van der Waals surface area contributed by atoms with Crippen LogP contribution in [0.15, 0.2) is 12.3 Å². The Bertz CT molecular complexity index is 498. The van der Waals surface area contributed by atoms with Gasteiger partial charge in [0.1, 0.15) is 0 Å². The first-order valence-corrected chi connectivity index (χ1v) is 7.40. The van der Waals surface area contributed by atoms with Crippen LogP contribution < -0.4 is 5.32 Å². The summed E-state index contributed by atoms with van der Waals surface area (Å²) in [5.41, 5.74) is 0. The van der Waals surface area contributed by atoms with Gasteiger partial charge in [-0.25, -0.2) is 0 Å². The second-order valence-corrected chi connectivity index (χ2v) is 5.10. The van der Waals surface area contributed by atoms with Crippen LogP contribution in [0.4, 0.5) is 5.82 Å². The molecule has 0 unspecified atom stereocenters. The van der Waals surface area contributed by atoms with Crippen LogP contribution in [0.25, 0.3) is 0 Å². The van der Waals surface area contributed by atoms with Crippen LogP contribution >= 0.6 is 0 Å². The first kappa shape index (κ1) is 16.4. The predicted molar refractivity (Wildman–Crippen MR) is 78.4 cm³/mol. The van der Waals surface area contributed by atoms with E-state index in [0.717, 1.165) is 39.3 Å². The minimum absolute atomic E-state index is 0.0693. The Morgan fingerprint density at radius 2 is 2.18 bits per heavy atom. The number of nitro groups is 1. The highest BCUT2D eigenvalue weighted by Crippen LogP contribution is 2.05. The number of nitrogens with one attached hydrogen (secondary N) is 1. The molecule has 1 N–H and O–H groups in total. The van der Waals surface area contributed by atoms with Gasteiger partial charge in [0.25, 0.3) is 0 Å². The number of rotatable bonds is 8. The number of carbonyl (C=O) groups is 1. The summed E-state index contributed by atoms with van der Waals surface area (Å²) in [5.74, 6) is -0.272. The lowest BCUT2D eigenvalue weighted by molar-refractivity contribution is -0.389. The third-order valence-electron chi connectivity index (χ3n) is 3.46. The zero-order valence-electron chi connectivity index (χ0n) is 12.4. The Hall–Kier alpha value is -2.00. The molecule has 1 aliphatic heterocycles. The van der Waals surface area contributed by atoms with Gasteiger partial charge in [-0.3, -0.25) is 9.69 Å². The molecular formula is C13H21N5O4. The van der Waals surface area contributed by atoms with E-state index >= 15 is 0 Å². The van der Waals surface area contributed by atoms with E-state index in [0.29, 0.717) is 13.1 Å². The number of hydrogen-bond acceptors (Lipinski definition) is 6. The molecule has 9 heteroatoms. The van der Waals surface area contributed by atoms with Gasteiger partial charge in [0, 0.05) is 26.1 Å². The average Bonchev–Trinajstić information content (AvgIpc) is 3.00. The van der Waals surface area contributed by atoms with E-state index in [9.17, 15) is 14.9 Å². The average molecular weight is 311 g/mol. The van der Waals surface area contributed by atoms with Gasteiger partial charge in [0.2, 0.25) is 5.91 Å². The molecule has 9 nitrogen and oxygen atoms in total. The smallest absolute Gasteiger partial charge is 0.379 e. The van der Waals surface area contributed by atoms with Crippen molar-refractivity contribution in [3.05, 3.63) is 22.4 Å². The lowest BCUT2D eigenvalue weighted by Gasteiger charge is -2.26. The number of amides is 1. The van der Waals surface area contributed by atoms with E-state index in [-0.39, 0.29) is 18.1 Å². The molecule has 0 atom stereocenters. The normalized spacial score (nSPS) is 15.6. The predicted octanol–water partition coefficient (Wildman–Crippen LogP) is 0.0199. The molecule has 122 valence electrons. The van der Waals surface area contributed by atoms with Crippen LogP contribution in [0, 0.1) is 10.1 Å². The van der Waals surface area contributed by atoms with Crippen LogP contribution in [-0.2, 0) is 16.1 Å². The molecule has 2 heterocycles. The Morgan fingerprint density at radius 1 is 1.41 bits per heavy atom. The lowest BCUT2D eigenvalue weighted by Crippen LogP contribution is -2.38. The minimum Gasteiger partial charge on any atom is -0.379 e. The Balaban J connectivity index is 1.56. The molecule has 1 aromatic heterocycles. The third kappa shape index (κ3) is 5.41. The van der Waals surface area contributed by atoms with Gasteiger partial charge in [0.15, 0.2) is 0 Å². The maximum atomic E-state index is 11.7. The number of ether oxygens (including phenoxy) is 1. The fraction of sp³-hybridized carbons (Fsp3) is 0.692. The van der Waals surface area contributed by atoms with Crippen molar-refractivity contribution >= 4 is 11.7 Å². The number of hydrogen-bond donors (Lipinski definition) is 1. The van der Waals surface area contributed by atoms with E-state index in [2.05, 4.69) is 15.3 Å². The molecule has 1 aromatic rings. The van der Waals surface area contributed by atoms with Crippen LogP contribution in [0.1, 0.15) is 12.8 Å². The van der Waals surface area contributed by atoms with Gasteiger partial charge in [-0.2, -0.15) is 4.68 Å². The molecule has 0 saturated carbocycles. The van der Waals surface area contributed by atoms with Gasteiger partial charge in [-0.15, -0.1) is 0 Å². The van der Waals surface area contributed by atoms with E-state index in [1.165, 1.54) is 16.9 Å². The fourth-order valence-electron chi connectivity index (χ4n) is 2.23. The molecule has 1 amide bonds. The summed E-state index contributed by atoms with van der Waals surface area (Å²) in [5, 5.41) is 17.1. The maximum Gasteiger partial charge on any atom is 0.389 e. The summed E-state index contributed by atoms with van der Waals surface area (Å²) in [6.07, 6.45) is 2.67. The highest BCUT2D eigenvalue weighted by molar-refractivity contribution is 5.75. The molecule has 0 aliphatic carbocycles. The summed E-state index contributed by atoms with van der Waals surface area (Å²) in [4.78, 5) is 23.9. The van der Waals surface area contributed by atoms with Crippen molar-refractivity contribution in [2.45, 2.75) is 19.4 Å². The zero-order chi connectivity index (χ0) is 15.8. The zero-order valence-corrected chi connectivity index (χ0v) is 12.4. The molecule has 1 saturated heterocycles. The van der Waals surface area contributed by atoms with Crippen molar-refractivity contribution in [2.75, 3.05) is 39.4 Å². The van der Waals surface area contributed by atoms with Crippen molar-refractivity contribution in [2.24, 2.45) is 0 Å². The quantitative estimate of drug-likeness (QED) is 0.412. The summed E-state index contributed by atoms with van der Waals surface area (Å²) in [7, 11) is 0. The Labute approximate surface area is 128 Å². The highest BCUT2D eigenvalue weighted by Gasteiger charge is 2.12. The topological polar surface area (TPSA) is 103 Å². The van der Waals surface area contributed by atoms with Crippen molar-refractivity contribution in [1.82, 2.24) is 20.0 Å². The molecule has 22 heavy (non-hydrogen) atoms. The molecular weight excluding hydrogens is 290 g/mol. The number of carbonyl (C=O) groups excluding carboxylic acids is 1. The molecule has 1 fully saturated rings. The summed E-state index contributed by atoms with van der Waals surface area (Å²) in [6, 6.07) is 1.32. The fourth-order valence-corrected chi connectivity index (χ4v) is 2.23. The van der Waals surface area contributed by atoms with Crippen molar-refractivity contribution < 1.29 is 14.5 Å². The van der Waals surface area contributed by atoms with Crippen LogP contribution in [0.2, 0.25) is 0 Å². The van der Waals surface area contributed by atoms with Crippen molar-refractivity contribution in [1.29, 1.82) is 0 Å². The van der Waals surface area contributed by atoms with Crippen molar-refractivity contribution in [3.8, 4) is 0 Å². The summed E-state index contributed by atoms with van der Waals surface area (Å²) in [6.45, 7) is 5.39. The SMILES string of the molecule is O=C(CCn1ccc([N+](=O)[O-])n1)NCCCN1CCOCC1. The highest BCUT2D eigenvalue weighted by atomic mass is 16.6. The standard InChI is InChI=1S/C13H21N5O4/c19-13(3-7-17-6-2-12(15-17)18(20)21)14-4-1-5-16-8-10-22-11-9-16/h2,6H,1,3-5,7-11H2,(H,14,19). The lowest BCUT2D eigenvalue weighted by atomic mass is 10.3. The van der Waals surface area contributed by atoms with Crippen LogP contribution in [0.3, 0.4) is 0 Å². The summed E-state index contributed by atoms with van der Waals surface area (Å²) < 4.78 is 6.68. The van der Waals surface area contributed by atoms with Gasteiger partial charge >= 0.3 is 5.82 Å².